The number of esters is 4. The summed E-state index contributed by atoms with van der Waals surface area (Å²) in [6.07, 6.45) is -1.27. The van der Waals surface area contributed by atoms with Gasteiger partial charge in [-0.25, -0.2) is 9.59 Å². The number of hydrogen-bond acceptors (Lipinski definition) is 11. The fraction of sp³-hybridized carbons (Fsp3) is 0.629. The number of carbonyl (C=O) groups is 4. The first-order valence-corrected chi connectivity index (χ1v) is 15.8. The summed E-state index contributed by atoms with van der Waals surface area (Å²) >= 11 is 0. The highest BCUT2D eigenvalue weighted by molar-refractivity contribution is 5.95. The number of ether oxygens (including phenoxy) is 5. The van der Waals surface area contributed by atoms with E-state index in [4.69, 9.17) is 28.1 Å². The number of fused-ring (bicyclic) bond motifs is 7. The van der Waals surface area contributed by atoms with Crippen LogP contribution in [0.5, 0.6) is 5.75 Å². The Morgan fingerprint density at radius 3 is 1.74 bits per heavy atom. The first-order valence-electron chi connectivity index (χ1n) is 15.8. The SMILES string of the molecule is Cc1cc(=O)c2ccc3c(c2o1)[C@@H](OC(=O)[C@@]12CC[C@@](C)(C(=O)O1)C2(C)C)[C@@H](OC(=O)[C@@]12CC[C@@](C)(C(=O)O1)C2(C)C)C(C)(C)O3. The van der Waals surface area contributed by atoms with Crippen molar-refractivity contribution in [2.24, 2.45) is 21.7 Å². The largest absolute Gasteiger partial charge is 0.483 e. The molecule has 1 aromatic carbocycles. The van der Waals surface area contributed by atoms with Gasteiger partial charge in [0.2, 0.25) is 11.2 Å². The van der Waals surface area contributed by atoms with Crippen molar-refractivity contribution in [2.45, 2.75) is 117 Å². The fourth-order valence-electron chi connectivity index (χ4n) is 8.70. The Balaban J connectivity index is 1.37. The minimum absolute atomic E-state index is 0.118. The van der Waals surface area contributed by atoms with Gasteiger partial charge in [-0.2, -0.15) is 0 Å². The van der Waals surface area contributed by atoms with Gasteiger partial charge in [-0.1, -0.05) is 27.7 Å². The van der Waals surface area contributed by atoms with Crippen molar-refractivity contribution in [3.63, 3.8) is 0 Å². The average Bonchev–Trinajstić information content (AvgIpc) is 3.42. The van der Waals surface area contributed by atoms with Crippen LogP contribution in [0, 0.1) is 28.6 Å². The van der Waals surface area contributed by atoms with E-state index in [2.05, 4.69) is 0 Å². The Labute approximate surface area is 266 Å². The van der Waals surface area contributed by atoms with Gasteiger partial charge in [-0.15, -0.1) is 0 Å². The normalized spacial score (nSPS) is 37.3. The highest BCUT2D eigenvalue weighted by Gasteiger charge is 2.78. The Morgan fingerprint density at radius 2 is 1.26 bits per heavy atom. The van der Waals surface area contributed by atoms with Gasteiger partial charge in [0.05, 0.1) is 21.8 Å². The van der Waals surface area contributed by atoms with Crippen molar-refractivity contribution < 1.29 is 47.3 Å². The van der Waals surface area contributed by atoms with Crippen LogP contribution in [0.25, 0.3) is 11.0 Å². The van der Waals surface area contributed by atoms with E-state index >= 15 is 0 Å². The molecule has 0 spiro atoms. The zero-order valence-electron chi connectivity index (χ0n) is 27.7. The number of carbonyl (C=O) groups excluding carboxylic acids is 4. The Kier molecular flexibility index (Phi) is 5.83. The van der Waals surface area contributed by atoms with Gasteiger partial charge < -0.3 is 28.1 Å². The summed E-state index contributed by atoms with van der Waals surface area (Å²) in [7, 11) is 0. The molecular formula is C35H40O11. The van der Waals surface area contributed by atoms with Crippen LogP contribution >= 0.6 is 0 Å². The second kappa shape index (κ2) is 8.72. The lowest BCUT2D eigenvalue weighted by Gasteiger charge is -2.45. The van der Waals surface area contributed by atoms with Gasteiger partial charge in [0.15, 0.2) is 17.6 Å². The molecule has 11 heteroatoms. The summed E-state index contributed by atoms with van der Waals surface area (Å²) in [5.41, 5.74) is -8.03. The first-order chi connectivity index (χ1) is 21.2. The maximum Gasteiger partial charge on any atom is 0.351 e. The molecule has 1 aromatic heterocycles. The van der Waals surface area contributed by atoms with Gasteiger partial charge >= 0.3 is 23.9 Å². The highest BCUT2D eigenvalue weighted by Crippen LogP contribution is 2.67. The molecule has 0 N–H and O–H groups in total. The average molecular weight is 637 g/mol. The number of benzene rings is 1. The molecule has 11 nitrogen and oxygen atoms in total. The lowest BCUT2D eigenvalue weighted by atomic mass is 9.66. The van der Waals surface area contributed by atoms with Gasteiger partial charge in [0, 0.05) is 16.9 Å². The van der Waals surface area contributed by atoms with Crippen LogP contribution < -0.4 is 10.2 Å². The van der Waals surface area contributed by atoms with Crippen LogP contribution in [0.1, 0.15) is 98.5 Å². The quantitative estimate of drug-likeness (QED) is 0.330. The topological polar surface area (TPSA) is 145 Å². The summed E-state index contributed by atoms with van der Waals surface area (Å²) in [6, 6.07) is 4.52. The maximum atomic E-state index is 14.4. The summed E-state index contributed by atoms with van der Waals surface area (Å²) in [6.45, 7) is 15.9. The van der Waals surface area contributed by atoms with Crippen molar-refractivity contribution in [3.8, 4) is 5.75 Å². The van der Waals surface area contributed by atoms with Crippen molar-refractivity contribution in [1.82, 2.24) is 0 Å². The predicted octanol–water partition coefficient (Wildman–Crippen LogP) is 5.01. The minimum Gasteiger partial charge on any atom is -0.483 e. The molecule has 2 aliphatic carbocycles. The van der Waals surface area contributed by atoms with Crippen LogP contribution in [0.2, 0.25) is 0 Å². The second-order valence-electron chi connectivity index (χ2n) is 15.8. The summed E-state index contributed by atoms with van der Waals surface area (Å²) < 4.78 is 36.8. The summed E-state index contributed by atoms with van der Waals surface area (Å²) in [4.78, 5) is 67.9. The molecule has 5 aliphatic rings. The third-order valence-electron chi connectivity index (χ3n) is 12.9. The third-order valence-corrected chi connectivity index (χ3v) is 12.9. The lowest BCUT2D eigenvalue weighted by molar-refractivity contribution is -0.217. The van der Waals surface area contributed by atoms with E-state index < -0.39 is 74.5 Å². The molecule has 0 unspecified atom stereocenters. The van der Waals surface area contributed by atoms with Crippen molar-refractivity contribution in [2.75, 3.05) is 0 Å². The monoisotopic (exact) mass is 636 g/mol. The van der Waals surface area contributed by atoms with Crippen molar-refractivity contribution in [1.29, 1.82) is 0 Å². The summed E-state index contributed by atoms with van der Waals surface area (Å²) in [5, 5.41) is 0.217. The first kappa shape index (κ1) is 30.7. The lowest BCUT2D eigenvalue weighted by Crippen LogP contribution is -2.57. The van der Waals surface area contributed by atoms with Crippen LogP contribution in [-0.4, -0.2) is 46.8 Å². The van der Waals surface area contributed by atoms with Crippen LogP contribution in [-0.2, 0) is 38.1 Å². The Hall–Kier alpha value is -3.89. The van der Waals surface area contributed by atoms with Crippen LogP contribution in [0.15, 0.2) is 27.4 Å². The van der Waals surface area contributed by atoms with E-state index in [1.165, 1.54) is 6.07 Å². The molecule has 2 saturated heterocycles. The standard InChI is InChI=1S/C35H40O11/c1-17-16-19(36)18-10-11-20-21(22(18)41-17)23(42-27(39)34-14-12-32(8,25(37)45-34)30(34,4)5)24(29(2,3)44-20)43-28(40)35-15-13-33(9,26(38)46-35)31(35,6)7/h10-11,16,23-24H,12-15H2,1-9H3/t23-,24-,32+,33+,34-,35-/m1/s1. The molecule has 0 radical (unpaired) electrons. The van der Waals surface area contributed by atoms with E-state index in [1.807, 2.05) is 27.7 Å². The van der Waals surface area contributed by atoms with E-state index in [-0.39, 0.29) is 40.6 Å². The molecule has 3 aliphatic heterocycles. The predicted molar refractivity (Wildman–Crippen MR) is 161 cm³/mol. The number of rotatable bonds is 4. The third kappa shape index (κ3) is 3.31. The van der Waals surface area contributed by atoms with E-state index in [9.17, 15) is 24.0 Å². The van der Waals surface area contributed by atoms with Crippen LogP contribution in [0.3, 0.4) is 0 Å². The molecule has 4 bridgehead atoms. The number of aryl methyl sites for hydroxylation is 1. The molecule has 246 valence electrons. The van der Waals surface area contributed by atoms with Crippen LogP contribution in [0.4, 0.5) is 0 Å². The zero-order chi connectivity index (χ0) is 33.6. The van der Waals surface area contributed by atoms with E-state index in [0.717, 1.165) is 0 Å². The Bertz CT molecular complexity index is 1830. The Morgan fingerprint density at radius 1 is 0.739 bits per heavy atom. The van der Waals surface area contributed by atoms with Gasteiger partial charge in [-0.05, 0) is 72.4 Å². The minimum atomic E-state index is -1.59. The molecule has 0 amide bonds. The van der Waals surface area contributed by atoms with Gasteiger partial charge in [-0.3, -0.25) is 14.4 Å². The highest BCUT2D eigenvalue weighted by atomic mass is 16.7. The zero-order valence-corrected chi connectivity index (χ0v) is 27.7. The molecule has 2 aromatic rings. The molecular weight excluding hydrogens is 596 g/mol. The van der Waals surface area contributed by atoms with E-state index in [1.54, 1.807) is 46.8 Å². The summed E-state index contributed by atoms with van der Waals surface area (Å²) in [5.74, 6) is -1.94. The molecule has 6 atom stereocenters. The molecule has 4 fully saturated rings. The van der Waals surface area contributed by atoms with Crippen molar-refractivity contribution in [3.05, 3.63) is 39.7 Å². The fourth-order valence-corrected chi connectivity index (χ4v) is 8.70. The smallest absolute Gasteiger partial charge is 0.351 e. The van der Waals surface area contributed by atoms with Gasteiger partial charge in [0.25, 0.3) is 0 Å². The van der Waals surface area contributed by atoms with E-state index in [0.29, 0.717) is 18.6 Å². The maximum absolute atomic E-state index is 14.4. The van der Waals surface area contributed by atoms with Crippen molar-refractivity contribution >= 4 is 34.8 Å². The number of hydrogen-bond donors (Lipinski definition) is 0. The molecule has 2 saturated carbocycles. The molecule has 7 rings (SSSR count). The van der Waals surface area contributed by atoms with Gasteiger partial charge in [0.1, 0.15) is 22.7 Å². The molecule has 4 heterocycles. The molecule has 46 heavy (non-hydrogen) atoms. The second-order valence-corrected chi connectivity index (χ2v) is 15.8.